The molecule has 0 aliphatic carbocycles. The predicted octanol–water partition coefficient (Wildman–Crippen LogP) is 2.41. The third-order valence-corrected chi connectivity index (χ3v) is 5.73. The number of piperidine rings is 1. The Morgan fingerprint density at radius 2 is 1.92 bits per heavy atom. The highest BCUT2D eigenvalue weighted by molar-refractivity contribution is 5.76. The molecule has 1 atom stereocenters. The molecule has 2 saturated heterocycles. The molecule has 24 heavy (non-hydrogen) atoms. The predicted molar refractivity (Wildman–Crippen MR) is 95.7 cm³/mol. The Kier molecular flexibility index (Phi) is 5.59. The number of nitrogens with zero attached hydrogens (tertiary/aromatic N) is 4. The van der Waals surface area contributed by atoms with Crippen molar-refractivity contribution < 1.29 is 4.79 Å². The Bertz CT molecular complexity index is 545. The first-order valence-electron chi connectivity index (χ1n) is 9.50. The number of aryl methyl sites for hydroxylation is 1. The van der Waals surface area contributed by atoms with Crippen LogP contribution in [0.1, 0.15) is 38.9 Å². The molecule has 2 fully saturated rings. The van der Waals surface area contributed by atoms with Crippen molar-refractivity contribution in [3.8, 4) is 0 Å². The number of likely N-dealkylation sites (tertiary alicyclic amines) is 2. The summed E-state index contributed by atoms with van der Waals surface area (Å²) in [5.41, 5.74) is 0. The van der Waals surface area contributed by atoms with E-state index in [2.05, 4.69) is 28.6 Å². The molecule has 1 aromatic heterocycles. The van der Waals surface area contributed by atoms with E-state index in [1.54, 1.807) is 6.20 Å². The SMILES string of the molecule is Cc1nccn1CC(=O)N1CC[C@@H](C2CCN(CC(C)C)CC2)C1. The molecule has 0 radical (unpaired) electrons. The van der Waals surface area contributed by atoms with Crippen molar-refractivity contribution in [3.05, 3.63) is 18.2 Å². The first-order chi connectivity index (χ1) is 11.5. The molecule has 5 heteroatoms. The molecule has 1 amide bonds. The number of hydrogen-bond donors (Lipinski definition) is 0. The molecule has 5 nitrogen and oxygen atoms in total. The van der Waals surface area contributed by atoms with Gasteiger partial charge in [0.05, 0.1) is 0 Å². The lowest BCUT2D eigenvalue weighted by molar-refractivity contribution is -0.131. The highest BCUT2D eigenvalue weighted by Gasteiger charge is 2.33. The summed E-state index contributed by atoms with van der Waals surface area (Å²) in [4.78, 5) is 21.4. The maximum absolute atomic E-state index is 12.5. The molecule has 2 aliphatic heterocycles. The van der Waals surface area contributed by atoms with Gasteiger partial charge in [-0.15, -0.1) is 0 Å². The second-order valence-corrected chi connectivity index (χ2v) is 8.02. The number of aromatic nitrogens is 2. The van der Waals surface area contributed by atoms with Gasteiger partial charge in [-0.3, -0.25) is 4.79 Å². The first-order valence-corrected chi connectivity index (χ1v) is 9.50. The van der Waals surface area contributed by atoms with Crippen LogP contribution in [0, 0.1) is 24.7 Å². The van der Waals surface area contributed by atoms with Crippen LogP contribution in [-0.2, 0) is 11.3 Å². The van der Waals surface area contributed by atoms with E-state index in [0.29, 0.717) is 12.5 Å². The normalized spacial score (nSPS) is 23.3. The van der Waals surface area contributed by atoms with Crippen LogP contribution in [-0.4, -0.2) is 58.0 Å². The van der Waals surface area contributed by atoms with Gasteiger partial charge in [0.25, 0.3) is 0 Å². The third kappa shape index (κ3) is 4.18. The molecule has 0 unspecified atom stereocenters. The van der Waals surface area contributed by atoms with E-state index >= 15 is 0 Å². The fraction of sp³-hybridized carbons (Fsp3) is 0.789. The van der Waals surface area contributed by atoms with E-state index in [0.717, 1.165) is 30.7 Å². The lowest BCUT2D eigenvalue weighted by Gasteiger charge is -2.35. The van der Waals surface area contributed by atoms with Crippen molar-refractivity contribution in [1.29, 1.82) is 0 Å². The summed E-state index contributed by atoms with van der Waals surface area (Å²) < 4.78 is 1.94. The zero-order valence-corrected chi connectivity index (χ0v) is 15.4. The van der Waals surface area contributed by atoms with Crippen molar-refractivity contribution in [2.45, 2.75) is 46.6 Å². The molecule has 3 heterocycles. The fourth-order valence-corrected chi connectivity index (χ4v) is 4.34. The summed E-state index contributed by atoms with van der Waals surface area (Å²) in [7, 11) is 0. The smallest absolute Gasteiger partial charge is 0.242 e. The van der Waals surface area contributed by atoms with Crippen LogP contribution in [0.4, 0.5) is 0 Å². The van der Waals surface area contributed by atoms with Gasteiger partial charge in [-0.1, -0.05) is 13.8 Å². The molecule has 0 saturated carbocycles. The lowest BCUT2D eigenvalue weighted by Crippen LogP contribution is -2.39. The number of imidazole rings is 1. The molecular weight excluding hydrogens is 300 g/mol. The quantitative estimate of drug-likeness (QED) is 0.831. The van der Waals surface area contributed by atoms with E-state index in [1.807, 2.05) is 17.7 Å². The average Bonchev–Trinajstić information content (AvgIpc) is 3.17. The molecule has 2 aliphatic rings. The molecule has 0 aromatic carbocycles. The molecule has 134 valence electrons. The number of carbonyl (C=O) groups is 1. The second kappa shape index (κ2) is 7.68. The summed E-state index contributed by atoms with van der Waals surface area (Å²) in [6.07, 6.45) is 7.45. The van der Waals surface area contributed by atoms with Crippen LogP contribution in [0.25, 0.3) is 0 Å². The van der Waals surface area contributed by atoms with Gasteiger partial charge in [-0.2, -0.15) is 0 Å². The van der Waals surface area contributed by atoms with Gasteiger partial charge in [-0.25, -0.2) is 4.98 Å². The summed E-state index contributed by atoms with van der Waals surface area (Å²) in [5.74, 6) is 3.43. The maximum Gasteiger partial charge on any atom is 0.242 e. The Balaban J connectivity index is 1.46. The van der Waals surface area contributed by atoms with E-state index < -0.39 is 0 Å². The van der Waals surface area contributed by atoms with E-state index in [1.165, 1.54) is 38.9 Å². The van der Waals surface area contributed by atoms with Crippen LogP contribution in [0.2, 0.25) is 0 Å². The van der Waals surface area contributed by atoms with Gasteiger partial charge < -0.3 is 14.4 Å². The summed E-state index contributed by atoms with van der Waals surface area (Å²) in [6, 6.07) is 0. The number of carbonyl (C=O) groups excluding carboxylic acids is 1. The Hall–Kier alpha value is -1.36. The number of hydrogen-bond acceptors (Lipinski definition) is 3. The molecule has 1 aromatic rings. The monoisotopic (exact) mass is 332 g/mol. The van der Waals surface area contributed by atoms with Crippen molar-refractivity contribution in [2.24, 2.45) is 17.8 Å². The van der Waals surface area contributed by atoms with Crippen molar-refractivity contribution in [2.75, 3.05) is 32.7 Å². The fourth-order valence-electron chi connectivity index (χ4n) is 4.34. The third-order valence-electron chi connectivity index (χ3n) is 5.73. The van der Waals surface area contributed by atoms with Crippen molar-refractivity contribution >= 4 is 5.91 Å². The second-order valence-electron chi connectivity index (χ2n) is 8.02. The summed E-state index contributed by atoms with van der Waals surface area (Å²) >= 11 is 0. The van der Waals surface area contributed by atoms with Crippen LogP contribution in [0.5, 0.6) is 0 Å². The van der Waals surface area contributed by atoms with Crippen LogP contribution < -0.4 is 0 Å². The highest BCUT2D eigenvalue weighted by Crippen LogP contribution is 2.32. The van der Waals surface area contributed by atoms with Gasteiger partial charge in [0.2, 0.25) is 5.91 Å². The largest absolute Gasteiger partial charge is 0.341 e. The molecule has 0 N–H and O–H groups in total. The van der Waals surface area contributed by atoms with Gasteiger partial charge in [-0.05, 0) is 57.0 Å². The van der Waals surface area contributed by atoms with E-state index in [4.69, 9.17) is 0 Å². The lowest BCUT2D eigenvalue weighted by atomic mass is 9.83. The van der Waals surface area contributed by atoms with Gasteiger partial charge in [0.15, 0.2) is 0 Å². The van der Waals surface area contributed by atoms with Gasteiger partial charge >= 0.3 is 0 Å². The van der Waals surface area contributed by atoms with Crippen molar-refractivity contribution in [1.82, 2.24) is 19.4 Å². The Labute approximate surface area is 146 Å². The van der Waals surface area contributed by atoms with Crippen LogP contribution in [0.3, 0.4) is 0 Å². The average molecular weight is 332 g/mol. The van der Waals surface area contributed by atoms with Crippen LogP contribution in [0.15, 0.2) is 12.4 Å². The molecule has 0 spiro atoms. The van der Waals surface area contributed by atoms with Gasteiger partial charge in [0.1, 0.15) is 12.4 Å². The minimum Gasteiger partial charge on any atom is -0.341 e. The highest BCUT2D eigenvalue weighted by atomic mass is 16.2. The maximum atomic E-state index is 12.5. The first kappa shape index (κ1) is 17.5. The van der Waals surface area contributed by atoms with E-state index in [-0.39, 0.29) is 5.91 Å². The zero-order chi connectivity index (χ0) is 17.1. The van der Waals surface area contributed by atoms with Gasteiger partial charge in [0, 0.05) is 32.0 Å². The van der Waals surface area contributed by atoms with Crippen LogP contribution >= 0.6 is 0 Å². The zero-order valence-electron chi connectivity index (χ0n) is 15.4. The minimum absolute atomic E-state index is 0.246. The Morgan fingerprint density at radius 1 is 1.21 bits per heavy atom. The number of amides is 1. The topological polar surface area (TPSA) is 41.4 Å². The summed E-state index contributed by atoms with van der Waals surface area (Å²) in [6.45, 7) is 12.6. The minimum atomic E-state index is 0.246. The summed E-state index contributed by atoms with van der Waals surface area (Å²) in [5, 5.41) is 0. The molecular formula is C19H32N4O. The molecule has 3 rings (SSSR count). The molecule has 0 bridgehead atoms. The Morgan fingerprint density at radius 3 is 2.54 bits per heavy atom. The van der Waals surface area contributed by atoms with E-state index in [9.17, 15) is 4.79 Å². The standard InChI is InChI=1S/C19H32N4O/c1-15(2)12-21-8-4-17(5-9-21)18-6-10-23(13-18)19(24)14-22-11-7-20-16(22)3/h7,11,15,17-18H,4-6,8-10,12-14H2,1-3H3/t18-/m1/s1. The van der Waals surface area contributed by atoms with Crippen molar-refractivity contribution in [3.63, 3.8) is 0 Å². The number of rotatable bonds is 5.